The molecule has 0 saturated heterocycles. The SMILES string of the molecule is CCOC(=O)[C@H](CCCCN)NC(=O)[C@H](CCCCN)NC(=O)CCC(C)C1CCC2[C@H]3C(CC[C@]12C)[C@@]1(C)CCCC[C@H]1C[C@H]3O. The second-order valence-electron chi connectivity index (χ2n) is 16.3. The van der Waals surface area contributed by atoms with E-state index in [4.69, 9.17) is 16.2 Å². The minimum absolute atomic E-state index is 0.122. The van der Waals surface area contributed by atoms with E-state index < -0.39 is 18.1 Å². The standard InChI is InChI=1S/C38H68N4O5/c1-5-47-36(46)31(14-8-11-23-40)42-35(45)30(13-7-10-22-39)41-33(44)18-15-25(2)27-16-17-28-34-29(19-21-38(27,28)4)37(3)20-9-6-12-26(37)24-32(34)43/h25-32,34,43H,5-24,39-40H2,1-4H3,(H,41,44)(H,42,45)/t25?,26-,27?,28?,29?,30-,31-,32+,34-,37-,38+/m0/s1. The third kappa shape index (κ3) is 8.72. The summed E-state index contributed by atoms with van der Waals surface area (Å²) in [6, 6.07) is -1.49. The van der Waals surface area contributed by atoms with Gasteiger partial charge in [0.15, 0.2) is 0 Å². The molecule has 9 heteroatoms. The molecule has 9 nitrogen and oxygen atoms in total. The number of amides is 2. The molecule has 4 fully saturated rings. The first-order valence-electron chi connectivity index (χ1n) is 19.3. The molecule has 4 aliphatic rings. The molecule has 4 rings (SSSR count). The third-order valence-electron chi connectivity index (χ3n) is 13.6. The predicted octanol–water partition coefficient (Wildman–Crippen LogP) is 5.21. The van der Waals surface area contributed by atoms with Crippen molar-refractivity contribution in [3.05, 3.63) is 0 Å². The van der Waals surface area contributed by atoms with Gasteiger partial charge in [-0.05, 0) is 156 Å². The van der Waals surface area contributed by atoms with Crippen LogP contribution in [0.1, 0.15) is 137 Å². The molecule has 270 valence electrons. The number of aliphatic hydroxyl groups is 1. The molecule has 0 heterocycles. The fourth-order valence-electron chi connectivity index (χ4n) is 11.1. The number of hydrogen-bond donors (Lipinski definition) is 5. The fraction of sp³-hybridized carbons (Fsp3) is 0.921. The average molecular weight is 661 g/mol. The van der Waals surface area contributed by atoms with Crippen LogP contribution in [0.5, 0.6) is 0 Å². The zero-order valence-corrected chi connectivity index (χ0v) is 30.1. The minimum atomic E-state index is -0.761. The minimum Gasteiger partial charge on any atom is -0.464 e. The van der Waals surface area contributed by atoms with Crippen LogP contribution in [0.15, 0.2) is 0 Å². The number of nitrogens with two attached hydrogens (primary N) is 2. The van der Waals surface area contributed by atoms with E-state index in [0.717, 1.165) is 25.7 Å². The summed E-state index contributed by atoms with van der Waals surface area (Å²) in [4.78, 5) is 39.4. The van der Waals surface area contributed by atoms with Gasteiger partial charge in [0.25, 0.3) is 0 Å². The van der Waals surface area contributed by atoms with E-state index in [1.165, 1.54) is 51.4 Å². The van der Waals surface area contributed by atoms with Gasteiger partial charge in [-0.2, -0.15) is 0 Å². The van der Waals surface area contributed by atoms with Crippen molar-refractivity contribution in [3.63, 3.8) is 0 Å². The number of carbonyl (C=O) groups excluding carboxylic acids is 3. The van der Waals surface area contributed by atoms with Crippen molar-refractivity contribution in [3.8, 4) is 0 Å². The normalized spacial score (nSPS) is 35.0. The summed E-state index contributed by atoms with van der Waals surface area (Å²) in [7, 11) is 0. The molecule has 11 atom stereocenters. The second kappa shape index (κ2) is 17.3. The van der Waals surface area contributed by atoms with Crippen LogP contribution >= 0.6 is 0 Å². The van der Waals surface area contributed by atoms with E-state index in [0.29, 0.717) is 86.1 Å². The lowest BCUT2D eigenvalue weighted by Crippen LogP contribution is -2.57. The first-order chi connectivity index (χ1) is 22.5. The van der Waals surface area contributed by atoms with Crippen LogP contribution in [-0.4, -0.2) is 60.8 Å². The van der Waals surface area contributed by atoms with Crippen LogP contribution in [-0.2, 0) is 19.1 Å². The molecule has 0 aliphatic heterocycles. The summed E-state index contributed by atoms with van der Waals surface area (Å²) in [6.45, 7) is 10.4. The van der Waals surface area contributed by atoms with Gasteiger partial charge in [-0.15, -0.1) is 0 Å². The number of unbranched alkanes of at least 4 members (excludes halogenated alkanes) is 2. The monoisotopic (exact) mass is 661 g/mol. The van der Waals surface area contributed by atoms with Gasteiger partial charge in [-0.1, -0.05) is 33.6 Å². The molecule has 0 aromatic rings. The van der Waals surface area contributed by atoms with Gasteiger partial charge in [-0.3, -0.25) is 9.59 Å². The quantitative estimate of drug-likeness (QED) is 0.106. The number of nitrogens with one attached hydrogen (secondary N) is 2. The summed E-state index contributed by atoms with van der Waals surface area (Å²) < 4.78 is 5.22. The van der Waals surface area contributed by atoms with E-state index in [9.17, 15) is 19.5 Å². The number of aliphatic hydroxyl groups excluding tert-OH is 1. The van der Waals surface area contributed by atoms with Crippen molar-refractivity contribution < 1.29 is 24.2 Å². The van der Waals surface area contributed by atoms with Gasteiger partial charge in [-0.25, -0.2) is 4.79 Å². The number of rotatable bonds is 17. The zero-order valence-electron chi connectivity index (χ0n) is 30.1. The Balaban J connectivity index is 1.35. The summed E-state index contributed by atoms with van der Waals surface area (Å²) in [6.07, 6.45) is 15.9. The Morgan fingerprint density at radius 1 is 0.851 bits per heavy atom. The van der Waals surface area contributed by atoms with Crippen LogP contribution in [0.25, 0.3) is 0 Å². The molecule has 7 N–H and O–H groups in total. The maximum atomic E-state index is 13.4. The van der Waals surface area contributed by atoms with Crippen molar-refractivity contribution in [1.82, 2.24) is 10.6 Å². The number of fused-ring (bicyclic) bond motifs is 5. The smallest absolute Gasteiger partial charge is 0.328 e. The largest absolute Gasteiger partial charge is 0.464 e. The molecule has 0 bridgehead atoms. The molecule has 0 aromatic heterocycles. The van der Waals surface area contributed by atoms with E-state index in [2.05, 4.69) is 31.4 Å². The van der Waals surface area contributed by atoms with Crippen LogP contribution in [0.4, 0.5) is 0 Å². The molecule has 2 amide bonds. The van der Waals surface area contributed by atoms with Crippen molar-refractivity contribution in [2.45, 2.75) is 155 Å². The number of hydrogen-bond acceptors (Lipinski definition) is 7. The summed E-state index contributed by atoms with van der Waals surface area (Å²) in [5, 5.41) is 17.4. The van der Waals surface area contributed by atoms with Crippen LogP contribution in [0.2, 0.25) is 0 Å². The molecule has 0 radical (unpaired) electrons. The summed E-state index contributed by atoms with van der Waals surface area (Å²) >= 11 is 0. The average Bonchev–Trinajstić information content (AvgIpc) is 3.40. The summed E-state index contributed by atoms with van der Waals surface area (Å²) in [5.74, 6) is 2.28. The molecule has 4 unspecified atom stereocenters. The lowest BCUT2D eigenvalue weighted by molar-refractivity contribution is -0.164. The van der Waals surface area contributed by atoms with E-state index in [1.807, 2.05) is 0 Å². The summed E-state index contributed by atoms with van der Waals surface area (Å²) in [5.41, 5.74) is 11.9. The lowest BCUT2D eigenvalue weighted by Gasteiger charge is -2.62. The van der Waals surface area contributed by atoms with Crippen molar-refractivity contribution in [2.75, 3.05) is 19.7 Å². The Bertz CT molecular complexity index is 1040. The second-order valence-corrected chi connectivity index (χ2v) is 16.3. The van der Waals surface area contributed by atoms with Gasteiger partial charge in [0, 0.05) is 6.42 Å². The highest BCUT2D eigenvalue weighted by molar-refractivity contribution is 5.90. The molecule has 4 aliphatic carbocycles. The third-order valence-corrected chi connectivity index (χ3v) is 13.6. The van der Waals surface area contributed by atoms with Gasteiger partial charge >= 0.3 is 5.97 Å². The van der Waals surface area contributed by atoms with E-state index in [1.54, 1.807) is 6.92 Å². The molecule has 4 saturated carbocycles. The fourth-order valence-corrected chi connectivity index (χ4v) is 11.1. The van der Waals surface area contributed by atoms with Crippen LogP contribution < -0.4 is 22.1 Å². The van der Waals surface area contributed by atoms with Crippen molar-refractivity contribution in [2.24, 2.45) is 57.8 Å². The topological polar surface area (TPSA) is 157 Å². The van der Waals surface area contributed by atoms with E-state index >= 15 is 0 Å². The molecular formula is C38H68N4O5. The van der Waals surface area contributed by atoms with Crippen molar-refractivity contribution in [1.29, 1.82) is 0 Å². The lowest BCUT2D eigenvalue weighted by atomic mass is 9.44. The Morgan fingerprint density at radius 3 is 2.21 bits per heavy atom. The van der Waals surface area contributed by atoms with Gasteiger partial charge in [0.1, 0.15) is 12.1 Å². The predicted molar refractivity (Wildman–Crippen MR) is 186 cm³/mol. The first-order valence-corrected chi connectivity index (χ1v) is 19.3. The molecule has 0 aromatic carbocycles. The van der Waals surface area contributed by atoms with Crippen LogP contribution in [0, 0.1) is 46.3 Å². The Morgan fingerprint density at radius 2 is 1.53 bits per heavy atom. The number of ether oxygens (including phenoxy) is 1. The highest BCUT2D eigenvalue weighted by Gasteiger charge is 2.62. The zero-order chi connectivity index (χ0) is 34.2. The van der Waals surface area contributed by atoms with Gasteiger partial charge < -0.3 is 31.9 Å². The first kappa shape index (κ1) is 38.1. The molecule has 47 heavy (non-hydrogen) atoms. The van der Waals surface area contributed by atoms with Crippen molar-refractivity contribution >= 4 is 17.8 Å². The molecule has 0 spiro atoms. The molecular weight excluding hydrogens is 592 g/mol. The van der Waals surface area contributed by atoms with Crippen LogP contribution in [0.3, 0.4) is 0 Å². The maximum Gasteiger partial charge on any atom is 0.328 e. The maximum absolute atomic E-state index is 13.4. The number of carbonyl (C=O) groups is 3. The van der Waals surface area contributed by atoms with Gasteiger partial charge in [0.05, 0.1) is 12.7 Å². The Labute approximate surface area is 284 Å². The Kier molecular flexibility index (Phi) is 14.0. The van der Waals surface area contributed by atoms with Gasteiger partial charge in [0.2, 0.25) is 11.8 Å². The highest BCUT2D eigenvalue weighted by atomic mass is 16.5. The van der Waals surface area contributed by atoms with E-state index in [-0.39, 0.29) is 29.9 Å². The Hall–Kier alpha value is -1.71. The number of esters is 1. The highest BCUT2D eigenvalue weighted by Crippen LogP contribution is 2.68.